The average Bonchev–Trinajstić information content (AvgIpc) is 2.55. The molecule has 23 heavy (non-hydrogen) atoms. The number of hydrazine groups is 1. The summed E-state index contributed by atoms with van der Waals surface area (Å²) in [5.74, 6) is -0.320. The first-order chi connectivity index (χ1) is 11.0. The number of rotatable bonds is 3. The van der Waals surface area contributed by atoms with Gasteiger partial charge < -0.3 is 5.11 Å². The Morgan fingerprint density at radius 2 is 2.04 bits per heavy atom. The molecule has 120 valence electrons. The summed E-state index contributed by atoms with van der Waals surface area (Å²) in [6.45, 7) is 3.82. The van der Waals surface area contributed by atoms with Crippen LogP contribution in [0.2, 0.25) is 5.02 Å². The van der Waals surface area contributed by atoms with Gasteiger partial charge in [0.15, 0.2) is 0 Å². The van der Waals surface area contributed by atoms with Crippen molar-refractivity contribution in [3.05, 3.63) is 49.9 Å². The number of hydrogen-bond donors (Lipinski definition) is 3. The summed E-state index contributed by atoms with van der Waals surface area (Å²) < 4.78 is 0.592. The lowest BCUT2D eigenvalue weighted by Crippen LogP contribution is -2.33. The molecule has 2 rings (SSSR count). The minimum Gasteiger partial charge on any atom is -0.506 e. The number of anilines is 1. The highest BCUT2D eigenvalue weighted by atomic mass is 79.9. The molecule has 7 heteroatoms. The molecule has 0 radical (unpaired) electrons. The van der Waals surface area contributed by atoms with Crippen LogP contribution in [0.4, 0.5) is 5.82 Å². The Morgan fingerprint density at radius 1 is 1.30 bits per heavy atom. The fourth-order valence-corrected chi connectivity index (χ4v) is 2.77. The van der Waals surface area contributed by atoms with Gasteiger partial charge in [-0.1, -0.05) is 39.7 Å². The highest BCUT2D eigenvalue weighted by molar-refractivity contribution is 9.10. The summed E-state index contributed by atoms with van der Waals surface area (Å²) in [4.78, 5) is 16.5. The second-order valence-electron chi connectivity index (χ2n) is 4.61. The molecule has 0 atom stereocenters. The third kappa shape index (κ3) is 4.03. The Kier molecular flexibility index (Phi) is 5.63. The van der Waals surface area contributed by atoms with E-state index >= 15 is 0 Å². The molecule has 0 saturated carbocycles. The van der Waals surface area contributed by atoms with E-state index in [2.05, 4.69) is 31.8 Å². The molecule has 2 aromatic rings. The Morgan fingerprint density at radius 3 is 2.70 bits per heavy atom. The molecule has 0 bridgehead atoms. The van der Waals surface area contributed by atoms with Gasteiger partial charge >= 0.3 is 0 Å². The number of amides is 1. The highest BCUT2D eigenvalue weighted by Crippen LogP contribution is 2.31. The lowest BCUT2D eigenvalue weighted by atomic mass is 10.2. The van der Waals surface area contributed by atoms with Crippen LogP contribution in [0.1, 0.15) is 24.2 Å². The number of aromatic nitrogens is 1. The monoisotopic (exact) mass is 395 g/mol. The summed E-state index contributed by atoms with van der Waals surface area (Å²) in [6.07, 6.45) is 3.83. The molecule has 0 aliphatic rings. The summed E-state index contributed by atoms with van der Waals surface area (Å²) in [6, 6.07) is 6.62. The predicted molar refractivity (Wildman–Crippen MR) is 95.7 cm³/mol. The number of nitrogens with zero attached hydrogens (tertiary/aromatic N) is 1. The molecule has 0 fully saturated rings. The van der Waals surface area contributed by atoms with Crippen LogP contribution < -0.4 is 21.4 Å². The zero-order valence-corrected chi connectivity index (χ0v) is 14.9. The maximum atomic E-state index is 12.2. The fourth-order valence-electron chi connectivity index (χ4n) is 1.96. The highest BCUT2D eigenvalue weighted by Gasteiger charge is 2.15. The first kappa shape index (κ1) is 17.3. The lowest BCUT2D eigenvalue weighted by molar-refractivity contribution is 0.0960. The molecule has 0 aliphatic carbocycles. The Bertz CT molecular complexity index is 868. The van der Waals surface area contributed by atoms with E-state index in [-0.39, 0.29) is 16.3 Å². The van der Waals surface area contributed by atoms with Crippen LogP contribution in [-0.4, -0.2) is 16.0 Å². The van der Waals surface area contributed by atoms with Gasteiger partial charge in [-0.25, -0.2) is 4.98 Å². The first-order valence-corrected chi connectivity index (χ1v) is 7.97. The summed E-state index contributed by atoms with van der Waals surface area (Å²) in [5.41, 5.74) is 5.26. The third-order valence-electron chi connectivity index (χ3n) is 3.12. The summed E-state index contributed by atoms with van der Waals surface area (Å²) in [7, 11) is 0. The van der Waals surface area contributed by atoms with Crippen molar-refractivity contribution in [2.24, 2.45) is 0 Å². The molecule has 1 heterocycles. The minimum absolute atomic E-state index is 0.0534. The van der Waals surface area contributed by atoms with Gasteiger partial charge in [0.2, 0.25) is 0 Å². The second-order valence-corrected chi connectivity index (χ2v) is 5.93. The molecular weight excluding hydrogens is 382 g/mol. The Hall–Kier alpha value is -2.05. The van der Waals surface area contributed by atoms with Crippen molar-refractivity contribution in [2.75, 3.05) is 5.43 Å². The van der Waals surface area contributed by atoms with Gasteiger partial charge in [0.1, 0.15) is 11.6 Å². The Balaban J connectivity index is 2.20. The molecule has 0 saturated heterocycles. The SMILES string of the molecule is C/C=c1/ccc(NNC(=O)c2cc(Br)cc(Cl)c2O)n/c1=C/C. The Labute approximate surface area is 146 Å². The largest absolute Gasteiger partial charge is 0.506 e. The van der Waals surface area contributed by atoms with Crippen LogP contribution in [0.3, 0.4) is 0 Å². The van der Waals surface area contributed by atoms with Crippen molar-refractivity contribution in [1.82, 2.24) is 10.4 Å². The van der Waals surface area contributed by atoms with E-state index in [0.717, 1.165) is 10.6 Å². The standard InChI is InChI=1S/C16H15BrClN3O2/c1-3-9-5-6-14(19-13(9)4-2)20-21-16(23)11-7-10(17)8-12(18)15(11)22/h3-8,22H,1-2H3,(H,19,20)(H,21,23)/b9-3-,13-4+. The number of aromatic hydroxyl groups is 1. The number of halogens is 2. The van der Waals surface area contributed by atoms with Crippen LogP contribution >= 0.6 is 27.5 Å². The number of carbonyl (C=O) groups excluding carboxylic acids is 1. The molecule has 0 spiro atoms. The third-order valence-corrected chi connectivity index (χ3v) is 3.86. The molecule has 3 N–H and O–H groups in total. The van der Waals surface area contributed by atoms with Gasteiger partial charge in [-0.2, -0.15) is 0 Å². The predicted octanol–water partition coefficient (Wildman–Crippen LogP) is 2.56. The maximum absolute atomic E-state index is 12.2. The normalized spacial score (nSPS) is 12.3. The lowest BCUT2D eigenvalue weighted by Gasteiger charge is -2.10. The van der Waals surface area contributed by atoms with Crippen LogP contribution in [0, 0.1) is 0 Å². The second kappa shape index (κ2) is 7.48. The fraction of sp³-hybridized carbons (Fsp3) is 0.125. The first-order valence-electron chi connectivity index (χ1n) is 6.80. The van der Waals surface area contributed by atoms with E-state index < -0.39 is 5.91 Å². The molecule has 0 unspecified atom stereocenters. The van der Waals surface area contributed by atoms with Gasteiger partial charge in [0.25, 0.3) is 5.91 Å². The van der Waals surface area contributed by atoms with Gasteiger partial charge in [0, 0.05) is 4.47 Å². The number of hydrogen-bond acceptors (Lipinski definition) is 4. The topological polar surface area (TPSA) is 74.2 Å². The average molecular weight is 397 g/mol. The molecule has 5 nitrogen and oxygen atoms in total. The number of phenolic OH excluding ortho intramolecular Hbond substituents is 1. The van der Waals surface area contributed by atoms with Crippen molar-refractivity contribution < 1.29 is 9.90 Å². The minimum atomic E-state index is -0.527. The molecule has 1 amide bonds. The number of nitrogens with one attached hydrogen (secondary N) is 2. The van der Waals surface area contributed by atoms with Crippen LogP contribution in [0.5, 0.6) is 5.75 Å². The van der Waals surface area contributed by atoms with Crippen molar-refractivity contribution in [1.29, 1.82) is 0 Å². The van der Waals surface area contributed by atoms with Crippen molar-refractivity contribution in [3.63, 3.8) is 0 Å². The number of benzene rings is 1. The zero-order chi connectivity index (χ0) is 17.0. The molecule has 1 aromatic carbocycles. The maximum Gasteiger partial charge on any atom is 0.273 e. The van der Waals surface area contributed by atoms with Crippen molar-refractivity contribution in [2.45, 2.75) is 13.8 Å². The van der Waals surface area contributed by atoms with E-state index in [1.807, 2.05) is 32.1 Å². The van der Waals surface area contributed by atoms with Crippen molar-refractivity contribution in [3.8, 4) is 5.75 Å². The van der Waals surface area contributed by atoms with Crippen LogP contribution in [-0.2, 0) is 0 Å². The van der Waals surface area contributed by atoms with Crippen LogP contribution in [0.25, 0.3) is 12.2 Å². The summed E-state index contributed by atoms with van der Waals surface area (Å²) in [5, 5.41) is 11.8. The number of pyridine rings is 1. The van der Waals surface area contributed by atoms with E-state index in [9.17, 15) is 9.90 Å². The molecule has 0 aliphatic heterocycles. The van der Waals surface area contributed by atoms with Crippen LogP contribution in [0.15, 0.2) is 28.7 Å². The van der Waals surface area contributed by atoms with E-state index in [1.54, 1.807) is 6.07 Å². The van der Waals surface area contributed by atoms with Gasteiger partial charge in [-0.3, -0.25) is 15.6 Å². The number of carbonyl (C=O) groups is 1. The molecular formula is C16H15BrClN3O2. The van der Waals surface area contributed by atoms with Gasteiger partial charge in [0.05, 0.1) is 15.9 Å². The van der Waals surface area contributed by atoms with Gasteiger partial charge in [-0.05, 0) is 43.3 Å². The molecule has 1 aromatic heterocycles. The van der Waals surface area contributed by atoms with E-state index in [0.29, 0.717) is 10.3 Å². The van der Waals surface area contributed by atoms with Gasteiger partial charge in [-0.15, -0.1) is 0 Å². The quantitative estimate of drug-likeness (QED) is 0.697. The number of phenols is 1. The van der Waals surface area contributed by atoms with E-state index in [4.69, 9.17) is 11.6 Å². The summed E-state index contributed by atoms with van der Waals surface area (Å²) >= 11 is 9.08. The van der Waals surface area contributed by atoms with E-state index in [1.165, 1.54) is 12.1 Å². The van der Waals surface area contributed by atoms with Crippen molar-refractivity contribution >= 4 is 51.4 Å². The zero-order valence-electron chi connectivity index (χ0n) is 12.5. The smallest absolute Gasteiger partial charge is 0.273 e.